The number of benzene rings is 2. The predicted octanol–water partition coefficient (Wildman–Crippen LogP) is 3.04. The third-order valence-corrected chi connectivity index (χ3v) is 5.92. The molecule has 0 aliphatic heterocycles. The van der Waals surface area contributed by atoms with E-state index in [1.54, 1.807) is 0 Å². The quantitative estimate of drug-likeness (QED) is 0.320. The van der Waals surface area contributed by atoms with Crippen LogP contribution in [0.3, 0.4) is 0 Å². The van der Waals surface area contributed by atoms with Gasteiger partial charge >= 0.3 is 18.1 Å². The number of alkyl halides is 3. The fraction of sp³-hybridized carbons (Fsp3) is 0.100. The molecule has 0 saturated heterocycles. The van der Waals surface area contributed by atoms with Gasteiger partial charge in [0, 0.05) is 22.4 Å². The molecule has 0 aromatic heterocycles. The van der Waals surface area contributed by atoms with E-state index >= 15 is 0 Å². The molecule has 0 fully saturated rings. The number of ether oxygens (including phenoxy) is 2. The number of hydrogen-bond donors (Lipinski definition) is 0. The molecule has 0 radical (unpaired) electrons. The Morgan fingerprint density at radius 1 is 0.786 bits per heavy atom. The zero-order valence-corrected chi connectivity index (χ0v) is 17.0. The Balaban J connectivity index is 2.41. The third-order valence-electron chi connectivity index (χ3n) is 4.20. The molecule has 28 heavy (non-hydrogen) atoms. The van der Waals surface area contributed by atoms with Crippen LogP contribution in [0, 0.1) is 0 Å². The summed E-state index contributed by atoms with van der Waals surface area (Å²) >= 11 is 0. The van der Waals surface area contributed by atoms with Gasteiger partial charge in [0.15, 0.2) is 0 Å². The molecule has 0 heterocycles. The second kappa shape index (κ2) is 8.26. The summed E-state index contributed by atoms with van der Waals surface area (Å²) < 4.78 is 51.9. The summed E-state index contributed by atoms with van der Waals surface area (Å²) in [4.78, 5) is 22.4. The fourth-order valence-electron chi connectivity index (χ4n) is 2.52. The minimum atomic E-state index is -4.56. The van der Waals surface area contributed by atoms with Crippen LogP contribution in [-0.4, -0.2) is 28.4 Å². The van der Waals surface area contributed by atoms with Crippen molar-refractivity contribution in [1.82, 2.24) is 0 Å². The molecule has 4 nitrogen and oxygen atoms in total. The Hall–Kier alpha value is -3.13. The van der Waals surface area contributed by atoms with Gasteiger partial charge in [-0.2, -0.15) is 13.2 Å². The van der Waals surface area contributed by atoms with E-state index in [1.807, 2.05) is 0 Å². The van der Waals surface area contributed by atoms with Crippen molar-refractivity contribution in [2.24, 2.45) is 0 Å². The van der Waals surface area contributed by atoms with Gasteiger partial charge in [-0.05, 0) is 35.4 Å². The van der Waals surface area contributed by atoms with Crippen LogP contribution in [0.1, 0.15) is 11.1 Å². The first-order chi connectivity index (χ1) is 13.1. The van der Waals surface area contributed by atoms with Crippen molar-refractivity contribution in [3.05, 3.63) is 85.0 Å². The van der Waals surface area contributed by atoms with E-state index in [1.165, 1.54) is 48.5 Å². The van der Waals surface area contributed by atoms with Gasteiger partial charge in [0.05, 0.1) is 5.04 Å². The van der Waals surface area contributed by atoms with Gasteiger partial charge in [-0.25, -0.2) is 9.59 Å². The second-order valence-corrected chi connectivity index (χ2v) is 7.42. The molecule has 146 valence electrons. The van der Waals surface area contributed by atoms with Crippen molar-refractivity contribution in [3.63, 3.8) is 0 Å². The van der Waals surface area contributed by atoms with Crippen LogP contribution < -0.4 is 9.47 Å². The van der Waals surface area contributed by atoms with Gasteiger partial charge in [0.25, 0.3) is 0 Å². The Labute approximate surface area is 162 Å². The molecule has 0 aliphatic carbocycles. The first kappa shape index (κ1) is 21.2. The van der Waals surface area contributed by atoms with Crippen molar-refractivity contribution >= 4 is 22.2 Å². The van der Waals surface area contributed by atoms with E-state index in [4.69, 9.17) is 9.47 Å². The van der Waals surface area contributed by atoms with Crippen LogP contribution in [0.25, 0.3) is 0 Å². The van der Waals surface area contributed by atoms with E-state index in [2.05, 4.69) is 13.2 Å². The van der Waals surface area contributed by atoms with Crippen molar-refractivity contribution < 1.29 is 32.2 Å². The summed E-state index contributed by atoms with van der Waals surface area (Å²) in [7, 11) is -0.277. The first-order valence-electron chi connectivity index (χ1n) is 8.08. The lowest BCUT2D eigenvalue weighted by molar-refractivity contribution is -0.154. The molecule has 0 N–H and O–H groups in total. The van der Waals surface area contributed by atoms with Crippen LogP contribution in [0.4, 0.5) is 13.2 Å². The van der Waals surface area contributed by atoms with Gasteiger partial charge in [-0.3, -0.25) is 0 Å². The number of rotatable bonds is 6. The van der Waals surface area contributed by atoms with Crippen LogP contribution in [0.5, 0.6) is 11.5 Å². The Bertz CT molecular complexity index is 822. The van der Waals surface area contributed by atoms with E-state index in [0.29, 0.717) is 0 Å². The molecule has 0 atom stereocenters. The monoisotopic (exact) mass is 406 g/mol. The fourth-order valence-corrected chi connectivity index (χ4v) is 3.19. The molecule has 2 rings (SSSR count). The summed E-state index contributed by atoms with van der Waals surface area (Å²) in [6.45, 7) is 6.52. The molecular formula is C20H17F3O4Si. The molecule has 0 spiro atoms. The van der Waals surface area contributed by atoms with E-state index < -0.39 is 23.2 Å². The van der Waals surface area contributed by atoms with Gasteiger partial charge in [0.2, 0.25) is 0 Å². The highest BCUT2D eigenvalue weighted by Gasteiger charge is 2.53. The molecular weight excluding hydrogens is 389 g/mol. The smallest absolute Gasteiger partial charge is 0.398 e. The summed E-state index contributed by atoms with van der Waals surface area (Å²) in [6, 6.07) is 10.3. The Kier molecular flexibility index (Phi) is 6.25. The number of carbonyl (C=O) groups excluding carboxylic acids is 2. The molecule has 0 amide bonds. The summed E-state index contributed by atoms with van der Waals surface area (Å²) in [5, 5.41) is -2.20. The average molecular weight is 406 g/mol. The molecule has 0 saturated carbocycles. The topological polar surface area (TPSA) is 52.6 Å². The average Bonchev–Trinajstić information content (AvgIpc) is 2.67. The van der Waals surface area contributed by atoms with Crippen LogP contribution in [-0.2, 0) is 14.6 Å². The number of esters is 2. The molecule has 0 aliphatic rings. The lowest BCUT2D eigenvalue weighted by atomic mass is 9.89. The van der Waals surface area contributed by atoms with Gasteiger partial charge in [0.1, 0.15) is 11.5 Å². The van der Waals surface area contributed by atoms with Crippen molar-refractivity contribution in [3.8, 4) is 11.5 Å². The normalized spacial score (nSPS) is 11.5. The van der Waals surface area contributed by atoms with Crippen molar-refractivity contribution in [2.45, 2.75) is 11.2 Å². The molecule has 2 aromatic carbocycles. The van der Waals surface area contributed by atoms with Crippen molar-refractivity contribution in [1.29, 1.82) is 0 Å². The molecule has 0 bridgehead atoms. The number of halogens is 3. The van der Waals surface area contributed by atoms with Crippen LogP contribution in [0.2, 0.25) is 0 Å². The largest absolute Gasteiger partial charge is 0.423 e. The van der Waals surface area contributed by atoms with Gasteiger partial charge < -0.3 is 9.47 Å². The third kappa shape index (κ3) is 4.40. The second-order valence-electron chi connectivity index (χ2n) is 5.92. The lowest BCUT2D eigenvalue weighted by Gasteiger charge is -2.33. The Morgan fingerprint density at radius 3 is 1.36 bits per heavy atom. The summed E-state index contributed by atoms with van der Waals surface area (Å²) in [5.41, 5.74) is 0.0295. The van der Waals surface area contributed by atoms with Crippen LogP contribution in [0.15, 0.2) is 73.8 Å². The lowest BCUT2D eigenvalue weighted by Crippen LogP contribution is -2.44. The SMILES string of the molecule is C=CC(=O)Oc1ccc(C([SiH3])(c2ccc(OC(=O)C=C)cc2)C(F)(F)F)cc1. The van der Waals surface area contributed by atoms with Gasteiger partial charge in [-0.15, -0.1) is 0 Å². The zero-order chi connectivity index (χ0) is 20.9. The maximum atomic E-state index is 14.0. The number of hydrogen-bond acceptors (Lipinski definition) is 4. The molecule has 8 heteroatoms. The summed E-state index contributed by atoms with van der Waals surface area (Å²) in [6.07, 6.45) is -2.64. The Morgan fingerprint density at radius 2 is 1.11 bits per heavy atom. The number of carbonyl (C=O) groups is 2. The maximum absolute atomic E-state index is 14.0. The highest BCUT2D eigenvalue weighted by atomic mass is 28.1. The highest BCUT2D eigenvalue weighted by Crippen LogP contribution is 2.44. The zero-order valence-electron chi connectivity index (χ0n) is 15.0. The molecule has 0 unspecified atom stereocenters. The standard InChI is InChI=1S/C20H17F3O4Si/c1-3-17(24)26-15-9-5-13(6-10-15)19(28,20(21,22)23)14-7-11-16(12-8-14)27-18(25)4-2/h3-12H,1-2H2,28H3. The highest BCUT2D eigenvalue weighted by molar-refractivity contribution is 6.19. The minimum Gasteiger partial charge on any atom is -0.423 e. The molecule has 2 aromatic rings. The van der Waals surface area contributed by atoms with Gasteiger partial charge in [-0.1, -0.05) is 37.4 Å². The minimum absolute atomic E-state index is 0.0147. The maximum Gasteiger partial charge on any atom is 0.398 e. The summed E-state index contributed by atoms with van der Waals surface area (Å²) in [5.74, 6) is -1.17. The van der Waals surface area contributed by atoms with E-state index in [-0.39, 0.29) is 32.9 Å². The van der Waals surface area contributed by atoms with Crippen LogP contribution >= 0.6 is 0 Å². The van der Waals surface area contributed by atoms with E-state index in [0.717, 1.165) is 12.2 Å². The van der Waals surface area contributed by atoms with Crippen molar-refractivity contribution in [2.75, 3.05) is 0 Å². The first-order valence-corrected chi connectivity index (χ1v) is 9.08. The predicted molar refractivity (Wildman–Crippen MR) is 101 cm³/mol. The van der Waals surface area contributed by atoms with E-state index in [9.17, 15) is 22.8 Å².